The maximum absolute atomic E-state index is 5.29. The largest absolute Gasteiger partial charge is 0.469 e. The van der Waals surface area contributed by atoms with Crippen molar-refractivity contribution in [1.82, 2.24) is 10.6 Å². The van der Waals surface area contributed by atoms with Crippen molar-refractivity contribution in [3.05, 3.63) is 36.8 Å². The van der Waals surface area contributed by atoms with Crippen LogP contribution in [0.15, 0.2) is 40.5 Å². The van der Waals surface area contributed by atoms with E-state index < -0.39 is 0 Å². The van der Waals surface area contributed by atoms with Crippen LogP contribution in [0.1, 0.15) is 18.6 Å². The average molecular weight is 279 g/mol. The molecule has 112 valence electrons. The Labute approximate surface area is 121 Å². The highest BCUT2D eigenvalue weighted by atomic mass is 16.5. The number of rotatable bonds is 10. The first-order valence-corrected chi connectivity index (χ1v) is 7.01. The van der Waals surface area contributed by atoms with E-state index in [1.165, 1.54) is 0 Å². The Hall–Kier alpha value is -1.75. The summed E-state index contributed by atoms with van der Waals surface area (Å²) < 4.78 is 10.3. The first-order chi connectivity index (χ1) is 9.86. The van der Waals surface area contributed by atoms with Gasteiger partial charge >= 0.3 is 0 Å². The molecule has 1 aromatic rings. The second-order valence-corrected chi connectivity index (χ2v) is 4.36. The third-order valence-electron chi connectivity index (χ3n) is 2.68. The molecule has 0 bridgehead atoms. The van der Waals surface area contributed by atoms with E-state index in [1.807, 2.05) is 18.2 Å². The van der Waals surface area contributed by atoms with Gasteiger partial charge in [-0.25, -0.2) is 0 Å². The van der Waals surface area contributed by atoms with Gasteiger partial charge in [-0.1, -0.05) is 6.08 Å². The summed E-state index contributed by atoms with van der Waals surface area (Å²) in [6.07, 6.45) is 6.39. The minimum atomic E-state index is 0.699. The number of ether oxygens (including phenoxy) is 1. The van der Waals surface area contributed by atoms with E-state index in [-0.39, 0.29) is 0 Å². The number of nitrogens with one attached hydrogen (secondary N) is 2. The van der Waals surface area contributed by atoms with Gasteiger partial charge in [0.05, 0.1) is 6.26 Å². The lowest BCUT2D eigenvalue weighted by Gasteiger charge is -2.10. The molecule has 0 saturated heterocycles. The number of unbranched alkanes of at least 4 members (excludes halogenated alkanes) is 1. The SMILES string of the molecule is C=CCNC(=NCCCCOC)NCCc1ccco1. The number of nitrogens with zero attached hydrogens (tertiary/aromatic N) is 1. The molecule has 1 aromatic heterocycles. The van der Waals surface area contributed by atoms with Gasteiger partial charge in [0.25, 0.3) is 0 Å². The molecule has 0 amide bonds. The fourth-order valence-corrected chi connectivity index (χ4v) is 1.65. The van der Waals surface area contributed by atoms with Crippen molar-refractivity contribution in [3.8, 4) is 0 Å². The van der Waals surface area contributed by atoms with Crippen molar-refractivity contribution in [2.75, 3.05) is 33.4 Å². The molecular weight excluding hydrogens is 254 g/mol. The molecule has 0 spiro atoms. The fraction of sp³-hybridized carbons (Fsp3) is 0.533. The van der Waals surface area contributed by atoms with Gasteiger partial charge in [0.15, 0.2) is 5.96 Å². The predicted octanol–water partition coefficient (Wildman–Crippen LogP) is 1.97. The molecule has 0 aliphatic carbocycles. The second kappa shape index (κ2) is 11.1. The van der Waals surface area contributed by atoms with Crippen LogP contribution in [0.25, 0.3) is 0 Å². The standard InChI is InChI=1S/C15H25N3O2/c1-3-9-16-15(17-10-4-5-12-19-2)18-11-8-14-7-6-13-20-14/h3,6-7,13H,1,4-5,8-12H2,2H3,(H2,16,17,18). The lowest BCUT2D eigenvalue weighted by atomic mass is 10.3. The van der Waals surface area contributed by atoms with Crippen LogP contribution in [0.5, 0.6) is 0 Å². The summed E-state index contributed by atoms with van der Waals surface area (Å²) >= 11 is 0. The number of guanidine groups is 1. The van der Waals surface area contributed by atoms with E-state index in [1.54, 1.807) is 13.4 Å². The van der Waals surface area contributed by atoms with Crippen LogP contribution in [-0.4, -0.2) is 39.3 Å². The highest BCUT2D eigenvalue weighted by Gasteiger charge is 1.99. The lowest BCUT2D eigenvalue weighted by Crippen LogP contribution is -2.38. The summed E-state index contributed by atoms with van der Waals surface area (Å²) in [7, 11) is 1.72. The summed E-state index contributed by atoms with van der Waals surface area (Å²) in [5, 5.41) is 6.48. The summed E-state index contributed by atoms with van der Waals surface area (Å²) in [5.74, 6) is 1.79. The molecule has 0 aliphatic heterocycles. The third kappa shape index (κ3) is 7.63. The fourth-order valence-electron chi connectivity index (χ4n) is 1.65. The number of aliphatic imine (C=N–C) groups is 1. The molecule has 0 atom stereocenters. The van der Waals surface area contributed by atoms with Crippen molar-refractivity contribution < 1.29 is 9.15 Å². The van der Waals surface area contributed by atoms with Gasteiger partial charge < -0.3 is 19.8 Å². The van der Waals surface area contributed by atoms with Crippen LogP contribution in [0.4, 0.5) is 0 Å². The van der Waals surface area contributed by atoms with E-state index in [0.29, 0.717) is 6.54 Å². The molecular formula is C15H25N3O2. The Balaban J connectivity index is 2.26. The smallest absolute Gasteiger partial charge is 0.191 e. The van der Waals surface area contributed by atoms with Crippen LogP contribution in [0.3, 0.4) is 0 Å². The van der Waals surface area contributed by atoms with Gasteiger partial charge in [0.1, 0.15) is 5.76 Å². The summed E-state index contributed by atoms with van der Waals surface area (Å²) in [6, 6.07) is 3.87. The summed E-state index contributed by atoms with van der Waals surface area (Å²) in [6.45, 7) is 6.76. The van der Waals surface area contributed by atoms with Gasteiger partial charge in [-0.2, -0.15) is 0 Å². The number of methoxy groups -OCH3 is 1. The molecule has 5 nitrogen and oxygen atoms in total. The molecule has 0 radical (unpaired) electrons. The first-order valence-electron chi connectivity index (χ1n) is 7.01. The zero-order valence-corrected chi connectivity index (χ0v) is 12.2. The molecule has 0 unspecified atom stereocenters. The Bertz CT molecular complexity index is 374. The van der Waals surface area contributed by atoms with E-state index in [0.717, 1.165) is 50.7 Å². The third-order valence-corrected chi connectivity index (χ3v) is 2.68. The number of hydrogen-bond donors (Lipinski definition) is 2. The molecule has 2 N–H and O–H groups in total. The van der Waals surface area contributed by atoms with Crippen molar-refractivity contribution in [1.29, 1.82) is 0 Å². The van der Waals surface area contributed by atoms with Gasteiger partial charge in [-0.05, 0) is 25.0 Å². The Kier molecular flexibility index (Phi) is 9.06. The number of hydrogen-bond acceptors (Lipinski definition) is 3. The van der Waals surface area contributed by atoms with Crippen LogP contribution in [0.2, 0.25) is 0 Å². The zero-order valence-electron chi connectivity index (χ0n) is 12.2. The highest BCUT2D eigenvalue weighted by molar-refractivity contribution is 5.79. The maximum Gasteiger partial charge on any atom is 0.191 e. The number of furan rings is 1. The summed E-state index contributed by atoms with van der Waals surface area (Å²) in [5.41, 5.74) is 0. The molecule has 1 rings (SSSR count). The predicted molar refractivity (Wildman–Crippen MR) is 82.0 cm³/mol. The topological polar surface area (TPSA) is 58.8 Å². The average Bonchev–Trinajstić information content (AvgIpc) is 2.97. The minimum Gasteiger partial charge on any atom is -0.469 e. The molecule has 0 aromatic carbocycles. The normalized spacial score (nSPS) is 11.3. The van der Waals surface area contributed by atoms with Crippen LogP contribution in [-0.2, 0) is 11.2 Å². The Morgan fingerprint density at radius 1 is 1.45 bits per heavy atom. The van der Waals surface area contributed by atoms with Gasteiger partial charge in [0, 0.05) is 39.8 Å². The van der Waals surface area contributed by atoms with E-state index in [9.17, 15) is 0 Å². The molecule has 0 saturated carbocycles. The first kappa shape index (κ1) is 16.3. The highest BCUT2D eigenvalue weighted by Crippen LogP contribution is 1.99. The minimum absolute atomic E-state index is 0.699. The van der Waals surface area contributed by atoms with E-state index >= 15 is 0 Å². The van der Waals surface area contributed by atoms with E-state index in [2.05, 4.69) is 22.2 Å². The van der Waals surface area contributed by atoms with Crippen molar-refractivity contribution in [3.63, 3.8) is 0 Å². The van der Waals surface area contributed by atoms with Gasteiger partial charge in [-0.15, -0.1) is 6.58 Å². The van der Waals surface area contributed by atoms with Crippen molar-refractivity contribution in [2.45, 2.75) is 19.3 Å². The monoisotopic (exact) mass is 279 g/mol. The van der Waals surface area contributed by atoms with Gasteiger partial charge in [-0.3, -0.25) is 4.99 Å². The van der Waals surface area contributed by atoms with Crippen molar-refractivity contribution in [2.24, 2.45) is 4.99 Å². The zero-order chi connectivity index (χ0) is 14.5. The van der Waals surface area contributed by atoms with Gasteiger partial charge in [0.2, 0.25) is 0 Å². The quantitative estimate of drug-likeness (QED) is 0.297. The molecule has 1 heterocycles. The van der Waals surface area contributed by atoms with Crippen LogP contribution in [0, 0.1) is 0 Å². The summed E-state index contributed by atoms with van der Waals surface area (Å²) in [4.78, 5) is 4.51. The maximum atomic E-state index is 5.29. The van der Waals surface area contributed by atoms with Crippen LogP contribution < -0.4 is 10.6 Å². The molecule has 5 heteroatoms. The van der Waals surface area contributed by atoms with Crippen molar-refractivity contribution >= 4 is 5.96 Å². The molecule has 0 fully saturated rings. The second-order valence-electron chi connectivity index (χ2n) is 4.36. The molecule has 0 aliphatic rings. The molecule has 20 heavy (non-hydrogen) atoms. The van der Waals surface area contributed by atoms with E-state index in [4.69, 9.17) is 9.15 Å². The van der Waals surface area contributed by atoms with Crippen LogP contribution >= 0.6 is 0 Å². The lowest BCUT2D eigenvalue weighted by molar-refractivity contribution is 0.193. The Morgan fingerprint density at radius 3 is 3.05 bits per heavy atom. The Morgan fingerprint density at radius 2 is 2.35 bits per heavy atom.